The predicted molar refractivity (Wildman–Crippen MR) is 45.1 cm³/mol. The van der Waals surface area contributed by atoms with Gasteiger partial charge in [0.2, 0.25) is 10.0 Å². The highest BCUT2D eigenvalue weighted by Crippen LogP contribution is 2.26. The van der Waals surface area contributed by atoms with Crippen LogP contribution >= 0.6 is 0 Å². The lowest BCUT2D eigenvalue weighted by molar-refractivity contribution is -0.614. The van der Waals surface area contributed by atoms with E-state index in [4.69, 9.17) is 0 Å². The van der Waals surface area contributed by atoms with E-state index in [-0.39, 0.29) is 0 Å². The molecule has 1 rings (SSSR count). The molecule has 0 saturated heterocycles. The van der Waals surface area contributed by atoms with Crippen molar-refractivity contribution in [3.05, 3.63) is 34.9 Å². The lowest BCUT2D eigenvalue weighted by Crippen LogP contribution is -2.36. The summed E-state index contributed by atoms with van der Waals surface area (Å²) in [5.41, 5.74) is -4.59. The minimum atomic E-state index is -5.48. The number of halogens is 3. The smallest absolute Gasteiger partial charge is 0.315 e. The van der Waals surface area contributed by atoms with E-state index in [0.717, 1.165) is 18.0 Å². The Morgan fingerprint density at radius 3 is 2.13 bits per heavy atom. The summed E-state index contributed by atoms with van der Waals surface area (Å²) in [7, 11) is -5.48. The molecule has 0 aliphatic heterocycles. The molecule has 15 heavy (non-hydrogen) atoms. The lowest BCUT2D eigenvalue weighted by Gasteiger charge is -2.15. The number of aromatic nitrogens is 1. The second-order valence-corrected chi connectivity index (χ2v) is 4.33. The zero-order chi connectivity index (χ0) is 11.7. The number of alkyl halides is 3. The molecule has 0 spiro atoms. The average molecular weight is 240 g/mol. The van der Waals surface area contributed by atoms with Crippen molar-refractivity contribution in [3.63, 3.8) is 0 Å². The molecule has 0 N–H and O–H groups in total. The summed E-state index contributed by atoms with van der Waals surface area (Å²) < 4.78 is 57.5. The van der Waals surface area contributed by atoms with Gasteiger partial charge < -0.3 is 4.83 Å². The van der Waals surface area contributed by atoms with E-state index in [1.54, 1.807) is 6.92 Å². The maximum atomic E-state index is 11.9. The summed E-state index contributed by atoms with van der Waals surface area (Å²) in [5, 5.41) is 0. The highest BCUT2D eigenvalue weighted by Gasteiger charge is 2.41. The molecule has 0 unspecified atom stereocenters. The van der Waals surface area contributed by atoms with Crippen LogP contribution in [-0.2, 0) is 10.0 Å². The largest absolute Gasteiger partial charge is 0.487 e. The first-order valence-corrected chi connectivity index (χ1v) is 5.19. The van der Waals surface area contributed by atoms with Crippen LogP contribution < -0.4 is 4.68 Å². The maximum Gasteiger partial charge on any atom is 0.487 e. The number of hydrogen-bond acceptors (Lipinski definition) is 2. The van der Waals surface area contributed by atoms with Gasteiger partial charge in [-0.15, -0.1) is 0 Å². The van der Waals surface area contributed by atoms with Crippen molar-refractivity contribution in [2.45, 2.75) is 12.4 Å². The molecule has 0 saturated carbocycles. The second-order valence-electron chi connectivity index (χ2n) is 2.76. The molecule has 0 bridgehead atoms. The Morgan fingerprint density at radius 2 is 1.73 bits per heavy atom. The van der Waals surface area contributed by atoms with E-state index in [1.165, 1.54) is 12.1 Å². The number of hydrogen-bond donors (Lipinski definition) is 0. The first kappa shape index (κ1) is 11.8. The third kappa shape index (κ3) is 2.82. The molecule has 0 radical (unpaired) electrons. The van der Waals surface area contributed by atoms with Crippen molar-refractivity contribution in [1.29, 1.82) is 0 Å². The molecule has 0 atom stereocenters. The minimum absolute atomic E-state index is 0.593. The summed E-state index contributed by atoms with van der Waals surface area (Å²) in [6.45, 7) is 1.71. The second kappa shape index (κ2) is 3.69. The molecule has 8 heteroatoms. The highest BCUT2D eigenvalue weighted by atomic mass is 32.2. The number of sulfonamides is 1. The molecule has 0 fully saturated rings. The third-order valence-electron chi connectivity index (χ3n) is 1.47. The van der Waals surface area contributed by atoms with Crippen molar-refractivity contribution in [2.24, 2.45) is 0 Å². The van der Waals surface area contributed by atoms with Crippen molar-refractivity contribution in [2.75, 3.05) is 0 Å². The molecular weight excluding hydrogens is 233 g/mol. The zero-order valence-electron chi connectivity index (χ0n) is 7.56. The molecule has 1 aromatic heterocycles. The molecular formula is C7H7F3N2O2S. The first-order valence-electron chi connectivity index (χ1n) is 3.75. The van der Waals surface area contributed by atoms with Crippen LogP contribution in [0.1, 0.15) is 5.56 Å². The van der Waals surface area contributed by atoms with Crippen LogP contribution in [0.5, 0.6) is 0 Å². The van der Waals surface area contributed by atoms with Gasteiger partial charge >= 0.3 is 5.51 Å². The molecule has 4 nitrogen and oxygen atoms in total. The fourth-order valence-corrected chi connectivity index (χ4v) is 1.17. The van der Waals surface area contributed by atoms with Gasteiger partial charge in [-0.3, -0.25) is 0 Å². The van der Waals surface area contributed by atoms with Gasteiger partial charge in [-0.1, -0.05) is 0 Å². The molecule has 1 heterocycles. The number of rotatable bonds is 2. The topological polar surface area (TPSA) is 52.1 Å². The van der Waals surface area contributed by atoms with Crippen LogP contribution in [0.15, 0.2) is 24.5 Å². The lowest BCUT2D eigenvalue weighted by atomic mass is 10.3. The normalized spacial score (nSPS) is 12.5. The fourth-order valence-electron chi connectivity index (χ4n) is 0.718. The Bertz CT molecular complexity index is 438. The van der Waals surface area contributed by atoms with E-state index < -0.39 is 15.5 Å². The maximum absolute atomic E-state index is 11.9. The molecule has 84 valence electrons. The summed E-state index contributed by atoms with van der Waals surface area (Å²) >= 11 is 0. The van der Waals surface area contributed by atoms with E-state index in [2.05, 4.69) is 4.83 Å². The molecule has 0 amide bonds. The van der Waals surface area contributed by atoms with Gasteiger partial charge in [0.05, 0.1) is 0 Å². The molecule has 0 aliphatic carbocycles. The monoisotopic (exact) mass is 240 g/mol. The van der Waals surface area contributed by atoms with Crippen LogP contribution in [0.4, 0.5) is 13.2 Å². The number of pyridine rings is 1. The Kier molecular flexibility index (Phi) is 2.89. The van der Waals surface area contributed by atoms with Crippen LogP contribution in [0.25, 0.3) is 4.83 Å². The summed E-state index contributed by atoms with van der Waals surface area (Å²) in [6, 6.07) is 2.88. The van der Waals surface area contributed by atoms with Crippen LogP contribution in [0, 0.1) is 6.92 Å². The first-order chi connectivity index (χ1) is 6.72. The van der Waals surface area contributed by atoms with Gasteiger partial charge in [-0.05, 0) is 12.5 Å². The molecule has 0 aliphatic rings. The van der Waals surface area contributed by atoms with E-state index in [0.29, 0.717) is 4.68 Å². The zero-order valence-corrected chi connectivity index (χ0v) is 8.38. The van der Waals surface area contributed by atoms with E-state index in [9.17, 15) is 21.6 Å². The highest BCUT2D eigenvalue weighted by molar-refractivity contribution is 7.94. The van der Waals surface area contributed by atoms with Gasteiger partial charge in [0.15, 0.2) is 12.4 Å². The Labute approximate surface area is 84.4 Å². The summed E-state index contributed by atoms with van der Waals surface area (Å²) in [6.07, 6.45) is 2.25. The van der Waals surface area contributed by atoms with Crippen molar-refractivity contribution in [1.82, 2.24) is 0 Å². The van der Waals surface area contributed by atoms with Crippen molar-refractivity contribution >= 4 is 10.0 Å². The van der Waals surface area contributed by atoms with Gasteiger partial charge in [-0.25, -0.2) is 13.1 Å². The van der Waals surface area contributed by atoms with Crippen LogP contribution in [0.3, 0.4) is 0 Å². The number of aryl methyl sites for hydroxylation is 1. The standard InChI is InChI=1S/C7H7F3N2O2S/c1-6-2-4-12(5-3-6)11-15(13,14)7(8,9)10/h2-5H,1H3. The molecule has 0 aromatic carbocycles. The van der Waals surface area contributed by atoms with Gasteiger partial charge in [0.25, 0.3) is 0 Å². The minimum Gasteiger partial charge on any atom is -0.315 e. The number of nitrogens with zero attached hydrogens (tertiary/aromatic N) is 2. The van der Waals surface area contributed by atoms with Crippen LogP contribution in [0.2, 0.25) is 0 Å². The third-order valence-corrected chi connectivity index (χ3v) is 2.46. The van der Waals surface area contributed by atoms with Gasteiger partial charge in [0.1, 0.15) is 0 Å². The Balaban J connectivity index is 2.93. The molecule has 1 aromatic rings. The average Bonchev–Trinajstić information content (AvgIpc) is 2.06. The van der Waals surface area contributed by atoms with E-state index >= 15 is 0 Å². The fraction of sp³-hybridized carbons (Fsp3) is 0.286. The SMILES string of the molecule is Cc1cc[n+]([N-]S(=O)(=O)C(F)(F)F)cc1. The predicted octanol–water partition coefficient (Wildman–Crippen LogP) is 1.27. The summed E-state index contributed by atoms with van der Waals surface area (Å²) in [5.74, 6) is 0. The quantitative estimate of drug-likeness (QED) is 0.731. The van der Waals surface area contributed by atoms with Gasteiger partial charge in [0, 0.05) is 12.1 Å². The Morgan fingerprint density at radius 1 is 1.27 bits per heavy atom. The Hall–Kier alpha value is -1.31. The van der Waals surface area contributed by atoms with E-state index in [1.807, 2.05) is 0 Å². The van der Waals surface area contributed by atoms with Crippen molar-refractivity contribution < 1.29 is 26.3 Å². The van der Waals surface area contributed by atoms with Crippen molar-refractivity contribution in [3.8, 4) is 0 Å². The van der Waals surface area contributed by atoms with Gasteiger partial charge in [-0.2, -0.15) is 13.2 Å². The summed E-state index contributed by atoms with van der Waals surface area (Å²) in [4.78, 5) is 2.57. The van der Waals surface area contributed by atoms with Crippen LogP contribution in [-0.4, -0.2) is 13.9 Å².